The Balaban J connectivity index is 3.37. The van der Waals surface area contributed by atoms with Gasteiger partial charge in [0.05, 0.1) is 5.02 Å². The lowest BCUT2D eigenvalue weighted by Crippen LogP contribution is -2.18. The molecule has 1 aromatic rings. The van der Waals surface area contributed by atoms with E-state index in [1.807, 2.05) is 6.92 Å². The minimum absolute atomic E-state index is 0.277. The Morgan fingerprint density at radius 1 is 1.69 bits per heavy atom. The van der Waals surface area contributed by atoms with E-state index in [2.05, 4.69) is 4.98 Å². The number of aryl methyl sites for hydroxylation is 1. The van der Waals surface area contributed by atoms with E-state index in [1.165, 1.54) is 6.07 Å². The van der Waals surface area contributed by atoms with E-state index < -0.39 is 11.5 Å². The molecule has 0 aromatic carbocycles. The third-order valence-corrected chi connectivity index (χ3v) is 1.99. The third-order valence-electron chi connectivity index (χ3n) is 1.65. The molecule has 0 radical (unpaired) electrons. The average molecular weight is 202 g/mol. The number of H-pyrrole nitrogens is 1. The van der Waals surface area contributed by atoms with Crippen LogP contribution in [0.15, 0.2) is 10.9 Å². The predicted octanol–water partition coefficient (Wildman–Crippen LogP) is 1.29. The van der Waals surface area contributed by atoms with Crippen molar-refractivity contribution in [3.05, 3.63) is 32.7 Å². The van der Waals surface area contributed by atoms with Gasteiger partial charge in [0.2, 0.25) is 0 Å². The van der Waals surface area contributed by atoms with Gasteiger partial charge in [0, 0.05) is 5.69 Å². The van der Waals surface area contributed by atoms with Crippen molar-refractivity contribution in [3.8, 4) is 0 Å². The van der Waals surface area contributed by atoms with Crippen molar-refractivity contribution in [2.45, 2.75) is 13.3 Å². The summed E-state index contributed by atoms with van der Waals surface area (Å²) in [5, 5.41) is 8.85. The molecule has 4 nitrogen and oxygen atoms in total. The van der Waals surface area contributed by atoms with Gasteiger partial charge in [-0.3, -0.25) is 4.79 Å². The van der Waals surface area contributed by atoms with Gasteiger partial charge in [-0.05, 0) is 12.5 Å². The molecule has 1 aromatic heterocycles. The number of carboxylic acids is 1. The third kappa shape index (κ3) is 1.89. The van der Waals surface area contributed by atoms with Crippen LogP contribution >= 0.6 is 11.6 Å². The zero-order valence-corrected chi connectivity index (χ0v) is 7.68. The Labute approximate surface area is 79.2 Å². The van der Waals surface area contributed by atoms with Crippen molar-refractivity contribution in [2.75, 3.05) is 0 Å². The minimum atomic E-state index is -1.27. The highest BCUT2D eigenvalue weighted by molar-refractivity contribution is 6.31. The number of hydrogen-bond acceptors (Lipinski definition) is 2. The minimum Gasteiger partial charge on any atom is -0.477 e. The number of hydrogen-bond donors (Lipinski definition) is 2. The molecule has 0 atom stereocenters. The average Bonchev–Trinajstić information content (AvgIpc) is 2.07. The van der Waals surface area contributed by atoms with Crippen molar-refractivity contribution in [1.82, 2.24) is 4.98 Å². The molecule has 0 fully saturated rings. The highest BCUT2D eigenvalue weighted by atomic mass is 35.5. The van der Waals surface area contributed by atoms with Crippen LogP contribution in [0.2, 0.25) is 5.02 Å². The number of aromatic nitrogens is 1. The molecule has 13 heavy (non-hydrogen) atoms. The molecule has 0 bridgehead atoms. The fourth-order valence-corrected chi connectivity index (χ4v) is 1.25. The summed E-state index contributed by atoms with van der Waals surface area (Å²) in [5.41, 5.74) is -0.396. The van der Waals surface area contributed by atoms with Gasteiger partial charge in [-0.15, -0.1) is 0 Å². The molecule has 0 saturated heterocycles. The first-order chi connectivity index (χ1) is 6.06. The van der Waals surface area contributed by atoms with Crippen LogP contribution in [0.1, 0.15) is 23.0 Å². The molecule has 0 aliphatic heterocycles. The Hall–Kier alpha value is -1.29. The maximum Gasteiger partial charge on any atom is 0.341 e. The van der Waals surface area contributed by atoms with Gasteiger partial charge >= 0.3 is 5.97 Å². The molecule has 0 spiro atoms. The van der Waals surface area contributed by atoms with Crippen molar-refractivity contribution >= 4 is 17.6 Å². The number of aromatic carboxylic acids is 1. The van der Waals surface area contributed by atoms with E-state index in [-0.39, 0.29) is 10.6 Å². The van der Waals surface area contributed by atoms with E-state index in [0.717, 1.165) is 0 Å². The maximum atomic E-state index is 11.1. The Bertz CT molecular complexity index is 397. The van der Waals surface area contributed by atoms with E-state index in [4.69, 9.17) is 16.7 Å². The fraction of sp³-hybridized carbons (Fsp3) is 0.250. The topological polar surface area (TPSA) is 70.2 Å². The van der Waals surface area contributed by atoms with E-state index >= 15 is 0 Å². The SMILES string of the molecule is CCc1[nH]c(=O)c(C(=O)O)cc1Cl. The van der Waals surface area contributed by atoms with Crippen LogP contribution in [0, 0.1) is 0 Å². The first-order valence-corrected chi connectivity index (χ1v) is 4.09. The second kappa shape index (κ2) is 3.62. The molecule has 0 aliphatic rings. The molecule has 70 valence electrons. The van der Waals surface area contributed by atoms with Gasteiger partial charge in [0.15, 0.2) is 0 Å². The Morgan fingerprint density at radius 3 is 2.77 bits per heavy atom. The van der Waals surface area contributed by atoms with Gasteiger partial charge < -0.3 is 10.1 Å². The number of pyridine rings is 1. The summed E-state index contributed by atoms with van der Waals surface area (Å²) in [4.78, 5) is 24.0. The number of nitrogens with one attached hydrogen (secondary N) is 1. The van der Waals surface area contributed by atoms with E-state index in [9.17, 15) is 9.59 Å². The summed E-state index contributed by atoms with van der Waals surface area (Å²) in [5.74, 6) is -1.27. The quantitative estimate of drug-likeness (QED) is 0.758. The van der Waals surface area contributed by atoms with Gasteiger partial charge in [0.1, 0.15) is 5.56 Å². The molecule has 2 N–H and O–H groups in total. The highest BCUT2D eigenvalue weighted by Crippen LogP contribution is 2.12. The number of carbonyl (C=O) groups is 1. The molecular formula is C8H8ClNO3. The van der Waals surface area contributed by atoms with E-state index in [0.29, 0.717) is 12.1 Å². The molecule has 1 rings (SSSR count). The first kappa shape index (κ1) is 9.80. The molecular weight excluding hydrogens is 194 g/mol. The lowest BCUT2D eigenvalue weighted by atomic mass is 10.2. The second-order valence-electron chi connectivity index (χ2n) is 2.50. The Kier molecular flexibility index (Phi) is 2.72. The van der Waals surface area contributed by atoms with Crippen LogP contribution in [-0.4, -0.2) is 16.1 Å². The smallest absolute Gasteiger partial charge is 0.341 e. The summed E-state index contributed by atoms with van der Waals surface area (Å²) < 4.78 is 0. The molecule has 0 aliphatic carbocycles. The van der Waals surface area contributed by atoms with Gasteiger partial charge in [0.25, 0.3) is 5.56 Å². The van der Waals surface area contributed by atoms with Crippen molar-refractivity contribution in [3.63, 3.8) is 0 Å². The zero-order chi connectivity index (χ0) is 10.0. The van der Waals surface area contributed by atoms with E-state index in [1.54, 1.807) is 0 Å². The lowest BCUT2D eigenvalue weighted by molar-refractivity contribution is 0.0695. The normalized spacial score (nSPS) is 10.0. The summed E-state index contributed by atoms with van der Waals surface area (Å²) in [6, 6.07) is 1.17. The number of carboxylic acid groups (broad SMARTS) is 1. The zero-order valence-electron chi connectivity index (χ0n) is 6.93. The van der Waals surface area contributed by atoms with Gasteiger partial charge in [-0.25, -0.2) is 4.79 Å². The molecule has 1 heterocycles. The number of aromatic amines is 1. The predicted molar refractivity (Wildman–Crippen MR) is 48.4 cm³/mol. The summed E-state index contributed by atoms with van der Waals surface area (Å²) in [6.45, 7) is 1.82. The van der Waals surface area contributed by atoms with Crippen LogP contribution in [0.25, 0.3) is 0 Å². The number of rotatable bonds is 2. The molecule has 0 saturated carbocycles. The summed E-state index contributed by atoms with van der Waals surface area (Å²) in [7, 11) is 0. The standard InChI is InChI=1S/C8H8ClNO3/c1-2-6-5(9)3-4(8(12)13)7(11)10-6/h3H,2H2,1H3,(H,10,11)(H,12,13). The number of halogens is 1. The van der Waals surface area contributed by atoms with Crippen LogP contribution in [0.3, 0.4) is 0 Å². The van der Waals surface area contributed by atoms with Crippen LogP contribution in [0.5, 0.6) is 0 Å². The fourth-order valence-electron chi connectivity index (χ4n) is 0.960. The monoisotopic (exact) mass is 201 g/mol. The Morgan fingerprint density at radius 2 is 2.31 bits per heavy atom. The van der Waals surface area contributed by atoms with Gasteiger partial charge in [-0.1, -0.05) is 18.5 Å². The van der Waals surface area contributed by atoms with Crippen LogP contribution in [0.4, 0.5) is 0 Å². The maximum absolute atomic E-state index is 11.1. The lowest BCUT2D eigenvalue weighted by Gasteiger charge is -2.01. The summed E-state index contributed by atoms with van der Waals surface area (Å²) in [6.07, 6.45) is 0.563. The van der Waals surface area contributed by atoms with Crippen molar-refractivity contribution < 1.29 is 9.90 Å². The van der Waals surface area contributed by atoms with Crippen LogP contribution < -0.4 is 5.56 Å². The largest absolute Gasteiger partial charge is 0.477 e. The molecule has 0 amide bonds. The van der Waals surface area contributed by atoms with Crippen molar-refractivity contribution in [1.29, 1.82) is 0 Å². The highest BCUT2D eigenvalue weighted by Gasteiger charge is 2.11. The summed E-state index contributed by atoms with van der Waals surface area (Å²) >= 11 is 5.71. The first-order valence-electron chi connectivity index (χ1n) is 3.71. The van der Waals surface area contributed by atoms with Gasteiger partial charge in [-0.2, -0.15) is 0 Å². The van der Waals surface area contributed by atoms with Crippen molar-refractivity contribution in [2.24, 2.45) is 0 Å². The van der Waals surface area contributed by atoms with Crippen LogP contribution in [-0.2, 0) is 6.42 Å². The molecule has 0 unspecified atom stereocenters. The second-order valence-corrected chi connectivity index (χ2v) is 2.90. The molecule has 5 heteroatoms.